The molecule has 2 N–H and O–H groups in total. The maximum Gasteiger partial charge on any atom is 0.200 e. The normalized spacial score (nSPS) is 10.8. The van der Waals surface area contributed by atoms with Crippen molar-refractivity contribution in [1.29, 1.82) is 0 Å². The Morgan fingerprint density at radius 2 is 2.33 bits per heavy atom. The third-order valence-corrected chi connectivity index (χ3v) is 2.14. The first-order chi connectivity index (χ1) is 7.31. The van der Waals surface area contributed by atoms with Crippen LogP contribution in [0.2, 0.25) is 0 Å². The molecule has 0 amide bonds. The van der Waals surface area contributed by atoms with Crippen LogP contribution in [-0.2, 0) is 0 Å². The molecule has 2 aromatic rings. The Kier molecular flexibility index (Phi) is 2.72. The Morgan fingerprint density at radius 3 is 3.13 bits per heavy atom. The highest BCUT2D eigenvalue weighted by Crippen LogP contribution is 2.08. The van der Waals surface area contributed by atoms with Crippen LogP contribution in [0.5, 0.6) is 0 Å². The molecule has 2 aromatic heterocycles. The van der Waals surface area contributed by atoms with Crippen LogP contribution in [0.15, 0.2) is 12.1 Å². The van der Waals surface area contributed by atoms with E-state index in [9.17, 15) is 0 Å². The Labute approximate surface area is 86.9 Å². The van der Waals surface area contributed by atoms with Gasteiger partial charge in [-0.1, -0.05) is 0 Å². The van der Waals surface area contributed by atoms with Crippen LogP contribution in [0.25, 0.3) is 5.65 Å². The summed E-state index contributed by atoms with van der Waals surface area (Å²) in [5, 5.41) is 15.3. The van der Waals surface area contributed by atoms with Crippen LogP contribution in [0.1, 0.15) is 6.42 Å². The molecule has 15 heavy (non-hydrogen) atoms. The van der Waals surface area contributed by atoms with E-state index >= 15 is 0 Å². The van der Waals surface area contributed by atoms with Crippen molar-refractivity contribution in [2.75, 3.05) is 25.0 Å². The molecule has 0 aliphatic carbocycles. The molecule has 7 heteroatoms. The topological polar surface area (TPSA) is 85.2 Å². The molecule has 0 aromatic carbocycles. The van der Waals surface area contributed by atoms with Gasteiger partial charge in [-0.25, -0.2) is 0 Å². The molecular weight excluding hydrogens is 194 g/mol. The maximum absolute atomic E-state index is 5.44. The number of tetrazole rings is 1. The van der Waals surface area contributed by atoms with Gasteiger partial charge in [0.05, 0.1) is 0 Å². The number of rotatable bonds is 4. The predicted octanol–water partition coefficient (Wildman–Crippen LogP) is -0.696. The SMILES string of the molecule is CN(CCCN)c1ccc2nnnn2n1. The number of hydrogen-bond acceptors (Lipinski definition) is 6. The van der Waals surface area contributed by atoms with E-state index in [0.29, 0.717) is 12.2 Å². The summed E-state index contributed by atoms with van der Waals surface area (Å²) in [5.74, 6) is 0.836. The molecule has 2 rings (SSSR count). The molecule has 0 saturated heterocycles. The van der Waals surface area contributed by atoms with E-state index in [1.807, 2.05) is 24.1 Å². The van der Waals surface area contributed by atoms with Gasteiger partial charge in [0, 0.05) is 13.6 Å². The lowest BCUT2D eigenvalue weighted by Gasteiger charge is -2.16. The molecule has 0 aliphatic rings. The van der Waals surface area contributed by atoms with Gasteiger partial charge in [-0.3, -0.25) is 0 Å². The lowest BCUT2D eigenvalue weighted by atomic mass is 10.4. The molecule has 0 fully saturated rings. The van der Waals surface area contributed by atoms with Crippen LogP contribution in [0.4, 0.5) is 5.82 Å². The van der Waals surface area contributed by atoms with Crippen LogP contribution in [-0.4, -0.2) is 45.4 Å². The molecule has 0 aliphatic heterocycles. The second kappa shape index (κ2) is 4.18. The zero-order valence-corrected chi connectivity index (χ0v) is 8.54. The molecule has 0 atom stereocenters. The van der Waals surface area contributed by atoms with Crippen molar-refractivity contribution in [2.24, 2.45) is 5.73 Å². The van der Waals surface area contributed by atoms with Gasteiger partial charge in [0.15, 0.2) is 11.5 Å². The quantitative estimate of drug-likeness (QED) is 0.714. The standard InChI is InChI=1S/C8H13N7/c1-14(6-2-5-9)8-4-3-7-10-12-13-15(7)11-8/h3-4H,2,5-6,9H2,1H3. The molecular formula is C8H13N7. The van der Waals surface area contributed by atoms with Crippen molar-refractivity contribution in [1.82, 2.24) is 25.3 Å². The molecule has 80 valence electrons. The lowest BCUT2D eigenvalue weighted by molar-refractivity contribution is 0.712. The summed E-state index contributed by atoms with van der Waals surface area (Å²) in [6.45, 7) is 1.55. The van der Waals surface area contributed by atoms with Crippen LogP contribution in [0.3, 0.4) is 0 Å². The van der Waals surface area contributed by atoms with Crippen molar-refractivity contribution < 1.29 is 0 Å². The Morgan fingerprint density at radius 1 is 1.47 bits per heavy atom. The molecule has 0 spiro atoms. The summed E-state index contributed by atoms with van der Waals surface area (Å²) >= 11 is 0. The fraction of sp³-hybridized carbons (Fsp3) is 0.500. The van der Waals surface area contributed by atoms with Crippen molar-refractivity contribution in [3.05, 3.63) is 12.1 Å². The third kappa shape index (κ3) is 2.01. The van der Waals surface area contributed by atoms with E-state index in [2.05, 4.69) is 20.6 Å². The van der Waals surface area contributed by atoms with Crippen molar-refractivity contribution in [3.63, 3.8) is 0 Å². The number of nitrogens with zero attached hydrogens (tertiary/aromatic N) is 6. The highest BCUT2D eigenvalue weighted by Gasteiger charge is 2.04. The number of anilines is 1. The van der Waals surface area contributed by atoms with E-state index in [1.54, 1.807) is 0 Å². The average molecular weight is 207 g/mol. The molecule has 0 unspecified atom stereocenters. The zero-order valence-electron chi connectivity index (χ0n) is 8.54. The molecule has 7 nitrogen and oxygen atoms in total. The van der Waals surface area contributed by atoms with Gasteiger partial charge in [-0.15, -0.1) is 14.8 Å². The minimum absolute atomic E-state index is 0.644. The summed E-state index contributed by atoms with van der Waals surface area (Å²) in [6.07, 6.45) is 0.936. The fourth-order valence-electron chi connectivity index (χ4n) is 1.29. The highest BCUT2D eigenvalue weighted by molar-refractivity contribution is 5.43. The molecule has 0 bridgehead atoms. The number of nitrogens with two attached hydrogens (primary N) is 1. The maximum atomic E-state index is 5.44. The summed E-state index contributed by atoms with van der Waals surface area (Å²) in [6, 6.07) is 3.73. The van der Waals surface area contributed by atoms with Crippen LogP contribution in [0, 0.1) is 0 Å². The van der Waals surface area contributed by atoms with E-state index in [0.717, 1.165) is 18.8 Å². The fourth-order valence-corrected chi connectivity index (χ4v) is 1.29. The third-order valence-electron chi connectivity index (χ3n) is 2.14. The second-order valence-corrected chi connectivity index (χ2v) is 3.28. The van der Waals surface area contributed by atoms with E-state index < -0.39 is 0 Å². The summed E-state index contributed by atoms with van der Waals surface area (Å²) in [7, 11) is 1.97. The average Bonchev–Trinajstić information content (AvgIpc) is 2.72. The monoisotopic (exact) mass is 207 g/mol. The van der Waals surface area contributed by atoms with Gasteiger partial charge >= 0.3 is 0 Å². The van der Waals surface area contributed by atoms with Crippen molar-refractivity contribution in [2.45, 2.75) is 6.42 Å². The van der Waals surface area contributed by atoms with Crippen LogP contribution < -0.4 is 10.6 Å². The highest BCUT2D eigenvalue weighted by atomic mass is 15.6. The molecule has 2 heterocycles. The van der Waals surface area contributed by atoms with Crippen LogP contribution >= 0.6 is 0 Å². The first kappa shape index (κ1) is 9.78. The Hall–Kier alpha value is -1.76. The van der Waals surface area contributed by atoms with Gasteiger partial charge in [0.1, 0.15) is 0 Å². The van der Waals surface area contributed by atoms with Gasteiger partial charge in [0.25, 0.3) is 0 Å². The summed E-state index contributed by atoms with van der Waals surface area (Å²) in [4.78, 5) is 2.02. The summed E-state index contributed by atoms with van der Waals surface area (Å²) in [5.41, 5.74) is 6.09. The van der Waals surface area contributed by atoms with Crippen molar-refractivity contribution in [3.8, 4) is 0 Å². The number of aromatic nitrogens is 5. The number of hydrogen-bond donors (Lipinski definition) is 1. The minimum atomic E-state index is 0.644. The molecule has 0 radical (unpaired) electrons. The predicted molar refractivity (Wildman–Crippen MR) is 55.5 cm³/mol. The Bertz CT molecular complexity index is 437. The van der Waals surface area contributed by atoms with E-state index in [-0.39, 0.29) is 0 Å². The van der Waals surface area contributed by atoms with E-state index in [1.165, 1.54) is 4.63 Å². The summed E-state index contributed by atoms with van der Waals surface area (Å²) < 4.78 is 1.41. The van der Waals surface area contributed by atoms with Gasteiger partial charge in [0.2, 0.25) is 0 Å². The van der Waals surface area contributed by atoms with Crippen molar-refractivity contribution >= 4 is 11.5 Å². The second-order valence-electron chi connectivity index (χ2n) is 3.28. The van der Waals surface area contributed by atoms with Gasteiger partial charge in [-0.05, 0) is 35.5 Å². The lowest BCUT2D eigenvalue weighted by Crippen LogP contribution is -2.22. The minimum Gasteiger partial charge on any atom is -0.358 e. The first-order valence-electron chi connectivity index (χ1n) is 4.78. The largest absolute Gasteiger partial charge is 0.358 e. The Balaban J connectivity index is 2.19. The number of fused-ring (bicyclic) bond motifs is 1. The smallest absolute Gasteiger partial charge is 0.200 e. The zero-order chi connectivity index (χ0) is 10.7. The molecule has 0 saturated carbocycles. The van der Waals surface area contributed by atoms with Gasteiger partial charge < -0.3 is 10.6 Å². The van der Waals surface area contributed by atoms with E-state index in [4.69, 9.17) is 5.73 Å². The van der Waals surface area contributed by atoms with Gasteiger partial charge in [-0.2, -0.15) is 0 Å². The first-order valence-corrected chi connectivity index (χ1v) is 4.78.